The van der Waals surface area contributed by atoms with E-state index in [0.717, 1.165) is 11.4 Å². The molecule has 266 valence electrons. The van der Waals surface area contributed by atoms with Crippen LogP contribution < -0.4 is 0 Å². The molecule has 0 aliphatic heterocycles. The molecule has 0 atom stereocenters. The highest BCUT2D eigenvalue weighted by Crippen LogP contribution is 2.42. The first kappa shape index (κ1) is 31.7. The minimum atomic E-state index is 1.13. The maximum Gasteiger partial charge on any atom is 0.0788 e. The van der Waals surface area contributed by atoms with Crippen LogP contribution in [0, 0.1) is 0 Å². The van der Waals surface area contributed by atoms with Crippen LogP contribution in [0.2, 0.25) is 0 Å². The monoisotopic (exact) mass is 725 g/mol. The van der Waals surface area contributed by atoms with Gasteiger partial charge in [0.1, 0.15) is 0 Å². The number of hydrogen-bond donors (Lipinski definition) is 0. The molecule has 9 aromatic carbocycles. The molecule has 3 heterocycles. The normalized spacial score (nSPS) is 11.9. The zero-order valence-electron chi connectivity index (χ0n) is 31.0. The van der Waals surface area contributed by atoms with Crippen LogP contribution in [-0.2, 0) is 0 Å². The largest absolute Gasteiger partial charge is 0.309 e. The van der Waals surface area contributed by atoms with E-state index in [1.807, 2.05) is 0 Å². The molecule has 0 N–H and O–H groups in total. The Kier molecular flexibility index (Phi) is 6.93. The van der Waals surface area contributed by atoms with Crippen molar-refractivity contribution >= 4 is 65.4 Å². The van der Waals surface area contributed by atoms with E-state index < -0.39 is 0 Å². The molecule has 0 bridgehead atoms. The molecule has 3 aromatic heterocycles. The average Bonchev–Trinajstić information content (AvgIpc) is 3.93. The topological polar surface area (TPSA) is 14.8 Å². The number of nitrogens with zero attached hydrogens (tertiary/aromatic N) is 3. The van der Waals surface area contributed by atoms with Gasteiger partial charge in [-0.2, -0.15) is 0 Å². The second-order valence-electron chi connectivity index (χ2n) is 14.9. The van der Waals surface area contributed by atoms with Crippen molar-refractivity contribution < 1.29 is 0 Å². The lowest BCUT2D eigenvalue weighted by Crippen LogP contribution is -1.99. The molecule has 0 amide bonds. The molecule has 12 rings (SSSR count). The number of rotatable bonds is 5. The molecule has 3 heteroatoms. The van der Waals surface area contributed by atoms with Crippen LogP contribution in [-0.4, -0.2) is 13.7 Å². The second-order valence-corrected chi connectivity index (χ2v) is 14.9. The first-order chi connectivity index (χ1) is 28.3. The van der Waals surface area contributed by atoms with E-state index in [2.05, 4.69) is 226 Å². The van der Waals surface area contributed by atoms with Gasteiger partial charge >= 0.3 is 0 Å². The van der Waals surface area contributed by atoms with Crippen molar-refractivity contribution in [3.05, 3.63) is 212 Å². The average molecular weight is 726 g/mol. The Bertz CT molecular complexity index is 3490. The van der Waals surface area contributed by atoms with Gasteiger partial charge in [0.2, 0.25) is 0 Å². The van der Waals surface area contributed by atoms with Crippen LogP contribution in [0.15, 0.2) is 212 Å². The molecule has 0 saturated heterocycles. The lowest BCUT2D eigenvalue weighted by molar-refractivity contribution is 1.15. The van der Waals surface area contributed by atoms with E-state index in [4.69, 9.17) is 0 Å². The Labute approximate surface area is 329 Å². The third-order valence-electron chi connectivity index (χ3n) is 11.8. The molecule has 0 saturated carbocycles. The minimum absolute atomic E-state index is 1.13. The zero-order chi connectivity index (χ0) is 37.5. The molecule has 0 unspecified atom stereocenters. The summed E-state index contributed by atoms with van der Waals surface area (Å²) in [6.07, 6.45) is 0. The van der Waals surface area contributed by atoms with Crippen LogP contribution in [0.1, 0.15) is 0 Å². The molecular formula is C54H35N3. The van der Waals surface area contributed by atoms with Crippen LogP contribution in [0.5, 0.6) is 0 Å². The van der Waals surface area contributed by atoms with E-state index in [-0.39, 0.29) is 0 Å². The summed E-state index contributed by atoms with van der Waals surface area (Å²) in [6, 6.07) is 77.4. The zero-order valence-corrected chi connectivity index (χ0v) is 31.0. The number of para-hydroxylation sites is 4. The van der Waals surface area contributed by atoms with Gasteiger partial charge in [-0.15, -0.1) is 0 Å². The predicted octanol–water partition coefficient (Wildman–Crippen LogP) is 14.3. The van der Waals surface area contributed by atoms with Crippen LogP contribution in [0.3, 0.4) is 0 Å². The van der Waals surface area contributed by atoms with Crippen molar-refractivity contribution in [2.45, 2.75) is 0 Å². The second kappa shape index (κ2) is 12.5. The fourth-order valence-electron chi connectivity index (χ4n) is 9.30. The fourth-order valence-corrected chi connectivity index (χ4v) is 9.30. The highest BCUT2D eigenvalue weighted by Gasteiger charge is 2.21. The molecular weight excluding hydrogens is 691 g/mol. The first-order valence-corrected chi connectivity index (χ1v) is 19.6. The van der Waals surface area contributed by atoms with Crippen molar-refractivity contribution in [1.82, 2.24) is 13.7 Å². The van der Waals surface area contributed by atoms with Crippen molar-refractivity contribution in [3.63, 3.8) is 0 Å². The SMILES string of the molecule is c1ccc(-c2cccc(-n3c4ccccc4c4ccc5c6ccccc6n(-c6ccc(-c7ccc8c(c7)c7ccccc7n8-c7ccccc7)cc6)c5c43)c2)cc1. The number of fused-ring (bicyclic) bond motifs is 10. The molecule has 3 nitrogen and oxygen atoms in total. The first-order valence-electron chi connectivity index (χ1n) is 19.6. The molecule has 0 aliphatic rings. The predicted molar refractivity (Wildman–Crippen MR) is 240 cm³/mol. The maximum atomic E-state index is 2.48. The van der Waals surface area contributed by atoms with Crippen molar-refractivity contribution in [2.75, 3.05) is 0 Å². The van der Waals surface area contributed by atoms with Crippen molar-refractivity contribution in [2.24, 2.45) is 0 Å². The summed E-state index contributed by atoms with van der Waals surface area (Å²) in [5.74, 6) is 0. The molecule has 0 fully saturated rings. The van der Waals surface area contributed by atoms with Crippen molar-refractivity contribution in [1.29, 1.82) is 0 Å². The quantitative estimate of drug-likeness (QED) is 0.168. The fraction of sp³-hybridized carbons (Fsp3) is 0. The Balaban J connectivity index is 1.07. The third-order valence-corrected chi connectivity index (χ3v) is 11.8. The van der Waals surface area contributed by atoms with Crippen molar-refractivity contribution in [3.8, 4) is 39.3 Å². The minimum Gasteiger partial charge on any atom is -0.309 e. The van der Waals surface area contributed by atoms with Crippen LogP contribution in [0.4, 0.5) is 0 Å². The van der Waals surface area contributed by atoms with Crippen LogP contribution in [0.25, 0.3) is 105 Å². The summed E-state index contributed by atoms with van der Waals surface area (Å²) in [5.41, 5.74) is 15.5. The van der Waals surface area contributed by atoms with E-state index >= 15 is 0 Å². The van der Waals surface area contributed by atoms with E-state index in [9.17, 15) is 0 Å². The van der Waals surface area contributed by atoms with Gasteiger partial charge in [-0.3, -0.25) is 0 Å². The van der Waals surface area contributed by atoms with Gasteiger partial charge in [0.15, 0.2) is 0 Å². The van der Waals surface area contributed by atoms with E-state index in [1.165, 1.54) is 93.4 Å². The molecule has 0 spiro atoms. The standard InChI is InChI=1S/C54H35N3/c1-3-14-36(15-4-1)38-16-13-19-42(34-38)57-51-25-12-8-21-44(51)47-32-31-46-43-20-7-11-24-50(43)56(53(46)54(47)57)41-29-26-37(27-30-41)39-28-33-52-48(35-39)45-22-9-10-23-49(45)55(52)40-17-5-2-6-18-40/h1-35H. The highest BCUT2D eigenvalue weighted by atomic mass is 15.0. The Morgan fingerprint density at radius 1 is 0.211 bits per heavy atom. The molecule has 57 heavy (non-hydrogen) atoms. The van der Waals surface area contributed by atoms with E-state index in [0.29, 0.717) is 0 Å². The Hall–Kier alpha value is -7.62. The molecule has 0 radical (unpaired) electrons. The van der Waals surface area contributed by atoms with Gasteiger partial charge < -0.3 is 13.7 Å². The van der Waals surface area contributed by atoms with E-state index in [1.54, 1.807) is 0 Å². The van der Waals surface area contributed by atoms with Gasteiger partial charge in [-0.05, 0) is 89.0 Å². The Morgan fingerprint density at radius 3 is 1.28 bits per heavy atom. The van der Waals surface area contributed by atoms with Gasteiger partial charge in [0.25, 0.3) is 0 Å². The molecule has 0 aliphatic carbocycles. The van der Waals surface area contributed by atoms with Gasteiger partial charge in [0, 0.05) is 49.4 Å². The third kappa shape index (κ3) is 4.79. The Morgan fingerprint density at radius 2 is 0.632 bits per heavy atom. The smallest absolute Gasteiger partial charge is 0.0788 e. The lowest BCUT2D eigenvalue weighted by Gasteiger charge is -2.14. The summed E-state index contributed by atoms with van der Waals surface area (Å²) in [5, 5.41) is 7.49. The summed E-state index contributed by atoms with van der Waals surface area (Å²) in [7, 11) is 0. The van der Waals surface area contributed by atoms with Gasteiger partial charge in [-0.25, -0.2) is 0 Å². The number of aromatic nitrogens is 3. The summed E-state index contributed by atoms with van der Waals surface area (Å²) in [6.45, 7) is 0. The maximum absolute atomic E-state index is 2.48. The lowest BCUT2D eigenvalue weighted by atomic mass is 10.0. The highest BCUT2D eigenvalue weighted by molar-refractivity contribution is 6.24. The van der Waals surface area contributed by atoms with Crippen LogP contribution >= 0.6 is 0 Å². The molecule has 12 aromatic rings. The van der Waals surface area contributed by atoms with Gasteiger partial charge in [-0.1, -0.05) is 146 Å². The summed E-state index contributed by atoms with van der Waals surface area (Å²) in [4.78, 5) is 0. The summed E-state index contributed by atoms with van der Waals surface area (Å²) >= 11 is 0. The van der Waals surface area contributed by atoms with Gasteiger partial charge in [0.05, 0.1) is 33.1 Å². The summed E-state index contributed by atoms with van der Waals surface area (Å²) < 4.78 is 7.33. The number of benzene rings is 9. The number of hydrogen-bond acceptors (Lipinski definition) is 0.